The van der Waals surface area contributed by atoms with Crippen molar-refractivity contribution in [3.63, 3.8) is 0 Å². The highest BCUT2D eigenvalue weighted by molar-refractivity contribution is 6.30. The quantitative estimate of drug-likeness (QED) is 0.765. The van der Waals surface area contributed by atoms with Gasteiger partial charge in [-0.3, -0.25) is 4.90 Å². The van der Waals surface area contributed by atoms with Crippen LogP contribution in [0.25, 0.3) is 0 Å². The first-order valence-corrected chi connectivity index (χ1v) is 9.62. The van der Waals surface area contributed by atoms with Crippen molar-refractivity contribution >= 4 is 11.6 Å². The number of nitrogens with zero attached hydrogens (tertiary/aromatic N) is 2. The van der Waals surface area contributed by atoms with Crippen LogP contribution in [0.2, 0.25) is 5.02 Å². The van der Waals surface area contributed by atoms with Crippen LogP contribution in [0.5, 0.6) is 0 Å². The minimum atomic E-state index is 0.296. The van der Waals surface area contributed by atoms with Gasteiger partial charge in [-0.15, -0.1) is 0 Å². The SMILES string of the molecule is NCCCCN1CCN(C(c2ccccc2)c2ccc(Cl)cc2)CC1. The maximum absolute atomic E-state index is 6.10. The summed E-state index contributed by atoms with van der Waals surface area (Å²) < 4.78 is 0. The van der Waals surface area contributed by atoms with Gasteiger partial charge in [0.1, 0.15) is 0 Å². The number of hydrogen-bond acceptors (Lipinski definition) is 3. The number of piperazine rings is 1. The fraction of sp³-hybridized carbons (Fsp3) is 0.429. The maximum Gasteiger partial charge on any atom is 0.0602 e. The lowest BCUT2D eigenvalue weighted by Crippen LogP contribution is -2.48. The topological polar surface area (TPSA) is 32.5 Å². The first-order valence-electron chi connectivity index (χ1n) is 9.25. The van der Waals surface area contributed by atoms with Crippen molar-refractivity contribution in [1.29, 1.82) is 0 Å². The molecule has 1 fully saturated rings. The zero-order valence-electron chi connectivity index (χ0n) is 14.8. The van der Waals surface area contributed by atoms with E-state index < -0.39 is 0 Å². The lowest BCUT2D eigenvalue weighted by molar-refractivity contribution is 0.108. The Morgan fingerprint density at radius 1 is 0.840 bits per heavy atom. The van der Waals surface area contributed by atoms with Gasteiger partial charge in [0.05, 0.1) is 6.04 Å². The molecule has 0 bridgehead atoms. The minimum Gasteiger partial charge on any atom is -0.330 e. The summed E-state index contributed by atoms with van der Waals surface area (Å²) in [7, 11) is 0. The third-order valence-corrected chi connectivity index (χ3v) is 5.25. The summed E-state index contributed by atoms with van der Waals surface area (Å²) in [5.74, 6) is 0. The summed E-state index contributed by atoms with van der Waals surface area (Å²) >= 11 is 6.10. The fourth-order valence-corrected chi connectivity index (χ4v) is 3.75. The van der Waals surface area contributed by atoms with E-state index in [4.69, 9.17) is 17.3 Å². The zero-order valence-corrected chi connectivity index (χ0v) is 15.5. The fourth-order valence-electron chi connectivity index (χ4n) is 3.62. The van der Waals surface area contributed by atoms with E-state index in [-0.39, 0.29) is 0 Å². The van der Waals surface area contributed by atoms with Gasteiger partial charge in [-0.05, 0) is 49.2 Å². The highest BCUT2D eigenvalue weighted by Gasteiger charge is 2.26. The Morgan fingerprint density at radius 2 is 1.48 bits per heavy atom. The Kier molecular flexibility index (Phi) is 6.88. The first-order chi connectivity index (χ1) is 12.3. The molecule has 4 heteroatoms. The molecule has 3 nitrogen and oxygen atoms in total. The molecule has 0 radical (unpaired) electrons. The third-order valence-electron chi connectivity index (χ3n) is 5.00. The van der Waals surface area contributed by atoms with Crippen molar-refractivity contribution in [2.75, 3.05) is 39.3 Å². The van der Waals surface area contributed by atoms with Crippen LogP contribution in [0.4, 0.5) is 0 Å². The first kappa shape index (κ1) is 18.4. The van der Waals surface area contributed by atoms with Gasteiger partial charge in [0.25, 0.3) is 0 Å². The summed E-state index contributed by atoms with van der Waals surface area (Å²) in [5, 5.41) is 0.792. The Hall–Kier alpha value is -1.39. The molecule has 3 rings (SSSR count). The van der Waals surface area contributed by atoms with E-state index in [1.54, 1.807) is 0 Å². The number of halogens is 1. The van der Waals surface area contributed by atoms with Crippen molar-refractivity contribution in [3.05, 3.63) is 70.7 Å². The van der Waals surface area contributed by atoms with Crippen LogP contribution in [-0.2, 0) is 0 Å². The van der Waals surface area contributed by atoms with Crippen molar-refractivity contribution < 1.29 is 0 Å². The second kappa shape index (κ2) is 9.35. The van der Waals surface area contributed by atoms with E-state index >= 15 is 0 Å². The van der Waals surface area contributed by atoms with E-state index in [1.165, 1.54) is 24.1 Å². The normalized spacial score (nSPS) is 17.5. The Balaban J connectivity index is 1.72. The van der Waals surface area contributed by atoms with Gasteiger partial charge >= 0.3 is 0 Å². The van der Waals surface area contributed by atoms with Crippen molar-refractivity contribution in [3.8, 4) is 0 Å². The van der Waals surface area contributed by atoms with Crippen LogP contribution in [0, 0.1) is 0 Å². The van der Waals surface area contributed by atoms with Crippen LogP contribution in [-0.4, -0.2) is 49.1 Å². The smallest absolute Gasteiger partial charge is 0.0602 e. The molecule has 2 aromatic rings. The van der Waals surface area contributed by atoms with E-state index in [1.807, 2.05) is 12.1 Å². The van der Waals surface area contributed by atoms with Gasteiger partial charge in [-0.25, -0.2) is 0 Å². The van der Waals surface area contributed by atoms with Crippen LogP contribution in [0.1, 0.15) is 30.0 Å². The Labute approximate surface area is 156 Å². The molecule has 134 valence electrons. The Morgan fingerprint density at radius 3 is 2.12 bits per heavy atom. The molecule has 1 atom stereocenters. The molecule has 0 aliphatic carbocycles. The summed E-state index contributed by atoms with van der Waals surface area (Å²) in [6.07, 6.45) is 2.33. The number of benzene rings is 2. The van der Waals surface area contributed by atoms with E-state index in [9.17, 15) is 0 Å². The van der Waals surface area contributed by atoms with E-state index in [0.29, 0.717) is 6.04 Å². The molecule has 1 unspecified atom stereocenters. The van der Waals surface area contributed by atoms with Crippen molar-refractivity contribution in [2.24, 2.45) is 5.73 Å². The molecule has 0 saturated carbocycles. The monoisotopic (exact) mass is 357 g/mol. The van der Waals surface area contributed by atoms with Crippen LogP contribution < -0.4 is 5.73 Å². The van der Waals surface area contributed by atoms with Gasteiger partial charge < -0.3 is 10.6 Å². The van der Waals surface area contributed by atoms with Gasteiger partial charge in [0.15, 0.2) is 0 Å². The van der Waals surface area contributed by atoms with Crippen LogP contribution >= 0.6 is 11.6 Å². The van der Waals surface area contributed by atoms with Crippen LogP contribution in [0.3, 0.4) is 0 Å². The number of rotatable bonds is 7. The molecule has 1 aliphatic rings. The lowest BCUT2D eigenvalue weighted by Gasteiger charge is -2.40. The maximum atomic E-state index is 6.10. The van der Waals surface area contributed by atoms with Crippen molar-refractivity contribution in [2.45, 2.75) is 18.9 Å². The molecular weight excluding hydrogens is 330 g/mol. The molecule has 1 saturated heterocycles. The number of hydrogen-bond donors (Lipinski definition) is 1. The predicted octanol–water partition coefficient (Wildman–Crippen LogP) is 3.79. The van der Waals surface area contributed by atoms with Crippen LogP contribution in [0.15, 0.2) is 54.6 Å². The predicted molar refractivity (Wildman–Crippen MR) is 106 cm³/mol. The van der Waals surface area contributed by atoms with E-state index in [0.717, 1.165) is 44.2 Å². The minimum absolute atomic E-state index is 0.296. The summed E-state index contributed by atoms with van der Waals surface area (Å²) in [6.45, 7) is 6.40. The summed E-state index contributed by atoms with van der Waals surface area (Å²) in [6, 6.07) is 19.4. The molecule has 0 amide bonds. The Bertz CT molecular complexity index is 621. The van der Waals surface area contributed by atoms with Gasteiger partial charge in [0.2, 0.25) is 0 Å². The van der Waals surface area contributed by atoms with Gasteiger partial charge in [-0.1, -0.05) is 54.1 Å². The summed E-state index contributed by atoms with van der Waals surface area (Å²) in [4.78, 5) is 5.16. The van der Waals surface area contributed by atoms with Gasteiger partial charge in [0, 0.05) is 31.2 Å². The second-order valence-corrected chi connectivity index (χ2v) is 7.17. The molecule has 1 heterocycles. The molecule has 1 aliphatic heterocycles. The highest BCUT2D eigenvalue weighted by atomic mass is 35.5. The molecule has 0 aromatic heterocycles. The lowest BCUT2D eigenvalue weighted by atomic mass is 9.96. The average Bonchev–Trinajstić information content (AvgIpc) is 2.66. The molecule has 0 spiro atoms. The highest BCUT2D eigenvalue weighted by Crippen LogP contribution is 2.30. The molecular formula is C21H28ClN3. The summed E-state index contributed by atoms with van der Waals surface area (Å²) in [5.41, 5.74) is 8.27. The second-order valence-electron chi connectivity index (χ2n) is 6.74. The number of nitrogens with two attached hydrogens (primary N) is 1. The zero-order chi connectivity index (χ0) is 17.5. The third kappa shape index (κ3) is 5.05. The number of unbranched alkanes of at least 4 members (excludes halogenated alkanes) is 1. The largest absolute Gasteiger partial charge is 0.330 e. The molecule has 25 heavy (non-hydrogen) atoms. The standard InChI is InChI=1S/C21H28ClN3/c22-20-10-8-19(9-11-20)21(18-6-2-1-3-7-18)25-16-14-24(15-17-25)13-5-4-12-23/h1-3,6-11,21H,4-5,12-17,23H2. The average molecular weight is 358 g/mol. The van der Waals surface area contributed by atoms with Gasteiger partial charge in [-0.2, -0.15) is 0 Å². The van der Waals surface area contributed by atoms with Crippen molar-refractivity contribution in [1.82, 2.24) is 9.80 Å². The molecule has 2 N–H and O–H groups in total. The molecule has 2 aromatic carbocycles. The van der Waals surface area contributed by atoms with E-state index in [2.05, 4.69) is 52.3 Å².